The molecular formula is C15H25FN2. The third-order valence-corrected chi connectivity index (χ3v) is 3.60. The monoisotopic (exact) mass is 252 g/mol. The Morgan fingerprint density at radius 3 is 2.39 bits per heavy atom. The standard InChI is InChI=1S/C15H25FN2/c1-3-5-6-13(4-2)15(18-17)11-12-7-9-14(16)10-8-12/h7-10,13,15,18H,3-6,11,17H2,1-2H3. The van der Waals surface area contributed by atoms with Crippen molar-refractivity contribution >= 4 is 0 Å². The highest BCUT2D eigenvalue weighted by Crippen LogP contribution is 2.20. The lowest BCUT2D eigenvalue weighted by Crippen LogP contribution is -2.42. The van der Waals surface area contributed by atoms with Crippen LogP contribution in [-0.4, -0.2) is 6.04 Å². The van der Waals surface area contributed by atoms with Gasteiger partial charge in [-0.3, -0.25) is 11.3 Å². The van der Waals surface area contributed by atoms with Crippen LogP contribution >= 0.6 is 0 Å². The maximum absolute atomic E-state index is 12.9. The highest BCUT2D eigenvalue weighted by atomic mass is 19.1. The number of hydrogen-bond acceptors (Lipinski definition) is 2. The van der Waals surface area contributed by atoms with Crippen LogP contribution < -0.4 is 11.3 Å². The number of rotatable bonds is 8. The van der Waals surface area contributed by atoms with Crippen molar-refractivity contribution in [1.82, 2.24) is 5.43 Å². The molecule has 0 amide bonds. The Kier molecular flexibility index (Phi) is 6.91. The van der Waals surface area contributed by atoms with Gasteiger partial charge in [-0.25, -0.2) is 4.39 Å². The first-order valence-corrected chi connectivity index (χ1v) is 6.91. The minimum atomic E-state index is -0.186. The molecular weight excluding hydrogens is 227 g/mol. The molecule has 102 valence electrons. The second-order valence-electron chi connectivity index (χ2n) is 4.91. The molecule has 18 heavy (non-hydrogen) atoms. The van der Waals surface area contributed by atoms with Crippen molar-refractivity contribution in [2.75, 3.05) is 0 Å². The van der Waals surface area contributed by atoms with Gasteiger partial charge in [0.2, 0.25) is 0 Å². The summed E-state index contributed by atoms with van der Waals surface area (Å²) in [6, 6.07) is 6.97. The fourth-order valence-corrected chi connectivity index (χ4v) is 2.39. The number of unbranched alkanes of at least 4 members (excludes halogenated alkanes) is 1. The van der Waals surface area contributed by atoms with E-state index in [1.165, 1.54) is 31.4 Å². The summed E-state index contributed by atoms with van der Waals surface area (Å²) in [7, 11) is 0. The molecule has 1 rings (SSSR count). The lowest BCUT2D eigenvalue weighted by Gasteiger charge is -2.25. The molecule has 2 unspecified atom stereocenters. The number of hydrogen-bond donors (Lipinski definition) is 2. The van der Waals surface area contributed by atoms with Gasteiger partial charge < -0.3 is 0 Å². The topological polar surface area (TPSA) is 38.0 Å². The third-order valence-electron chi connectivity index (χ3n) is 3.60. The Balaban J connectivity index is 2.61. The van der Waals surface area contributed by atoms with Crippen LogP contribution in [0.4, 0.5) is 4.39 Å². The number of nitrogens with two attached hydrogens (primary N) is 1. The average Bonchev–Trinajstić information content (AvgIpc) is 2.40. The summed E-state index contributed by atoms with van der Waals surface area (Å²) in [5.74, 6) is 6.07. The van der Waals surface area contributed by atoms with Crippen LogP contribution in [-0.2, 0) is 6.42 Å². The van der Waals surface area contributed by atoms with Gasteiger partial charge in [0.15, 0.2) is 0 Å². The predicted octanol–water partition coefficient (Wildman–Crippen LogP) is 3.42. The van der Waals surface area contributed by atoms with Gasteiger partial charge in [0, 0.05) is 6.04 Å². The first-order chi connectivity index (χ1) is 8.71. The van der Waals surface area contributed by atoms with E-state index in [1.54, 1.807) is 0 Å². The summed E-state index contributed by atoms with van der Waals surface area (Å²) >= 11 is 0. The van der Waals surface area contributed by atoms with E-state index >= 15 is 0 Å². The third kappa shape index (κ3) is 4.75. The van der Waals surface area contributed by atoms with E-state index in [-0.39, 0.29) is 11.9 Å². The molecule has 0 bridgehead atoms. The van der Waals surface area contributed by atoms with Crippen molar-refractivity contribution in [3.8, 4) is 0 Å². The highest BCUT2D eigenvalue weighted by molar-refractivity contribution is 5.17. The van der Waals surface area contributed by atoms with Crippen LogP contribution in [0.1, 0.15) is 45.1 Å². The molecule has 3 N–H and O–H groups in total. The van der Waals surface area contributed by atoms with Crippen molar-refractivity contribution < 1.29 is 4.39 Å². The van der Waals surface area contributed by atoms with E-state index in [9.17, 15) is 4.39 Å². The lowest BCUT2D eigenvalue weighted by atomic mass is 9.88. The van der Waals surface area contributed by atoms with E-state index < -0.39 is 0 Å². The van der Waals surface area contributed by atoms with E-state index in [0.29, 0.717) is 5.92 Å². The number of nitrogens with one attached hydrogen (secondary N) is 1. The summed E-state index contributed by atoms with van der Waals surface area (Å²) < 4.78 is 12.9. The van der Waals surface area contributed by atoms with Crippen molar-refractivity contribution in [2.45, 2.75) is 52.0 Å². The van der Waals surface area contributed by atoms with Crippen molar-refractivity contribution in [3.05, 3.63) is 35.6 Å². The van der Waals surface area contributed by atoms with Crippen molar-refractivity contribution in [2.24, 2.45) is 11.8 Å². The van der Waals surface area contributed by atoms with E-state index in [2.05, 4.69) is 19.3 Å². The Hall–Kier alpha value is -0.930. The quantitative estimate of drug-likeness (QED) is 0.549. The maximum Gasteiger partial charge on any atom is 0.123 e. The minimum Gasteiger partial charge on any atom is -0.271 e. The van der Waals surface area contributed by atoms with Crippen LogP contribution in [0.25, 0.3) is 0 Å². The molecule has 0 radical (unpaired) electrons. The van der Waals surface area contributed by atoms with Crippen LogP contribution in [0, 0.1) is 11.7 Å². The zero-order valence-electron chi connectivity index (χ0n) is 11.5. The first-order valence-electron chi connectivity index (χ1n) is 6.91. The van der Waals surface area contributed by atoms with E-state index in [4.69, 9.17) is 5.84 Å². The Labute approximate surface area is 110 Å². The van der Waals surface area contributed by atoms with Gasteiger partial charge in [0.25, 0.3) is 0 Å². The molecule has 1 aromatic rings. The van der Waals surface area contributed by atoms with E-state index in [0.717, 1.165) is 18.4 Å². The second kappa shape index (κ2) is 8.22. The summed E-state index contributed by atoms with van der Waals surface area (Å²) in [6.07, 6.45) is 5.63. The van der Waals surface area contributed by atoms with Crippen molar-refractivity contribution in [3.63, 3.8) is 0 Å². The lowest BCUT2D eigenvalue weighted by molar-refractivity contribution is 0.318. The fourth-order valence-electron chi connectivity index (χ4n) is 2.39. The summed E-state index contributed by atoms with van der Waals surface area (Å²) in [6.45, 7) is 4.41. The van der Waals surface area contributed by atoms with Crippen LogP contribution in [0.3, 0.4) is 0 Å². The molecule has 0 aliphatic rings. The summed E-state index contributed by atoms with van der Waals surface area (Å²) in [4.78, 5) is 0. The minimum absolute atomic E-state index is 0.186. The van der Waals surface area contributed by atoms with Gasteiger partial charge >= 0.3 is 0 Å². The van der Waals surface area contributed by atoms with Crippen LogP contribution in [0.15, 0.2) is 24.3 Å². The summed E-state index contributed by atoms with van der Waals surface area (Å²) in [5.41, 5.74) is 4.06. The molecule has 3 heteroatoms. The molecule has 0 aliphatic carbocycles. The van der Waals surface area contributed by atoms with Crippen LogP contribution in [0.2, 0.25) is 0 Å². The molecule has 2 atom stereocenters. The molecule has 0 saturated carbocycles. The fraction of sp³-hybridized carbons (Fsp3) is 0.600. The smallest absolute Gasteiger partial charge is 0.123 e. The van der Waals surface area contributed by atoms with Crippen molar-refractivity contribution in [1.29, 1.82) is 0 Å². The second-order valence-corrected chi connectivity index (χ2v) is 4.91. The van der Waals surface area contributed by atoms with Gasteiger partial charge in [-0.1, -0.05) is 45.2 Å². The van der Waals surface area contributed by atoms with Gasteiger partial charge in [0.1, 0.15) is 5.82 Å². The highest BCUT2D eigenvalue weighted by Gasteiger charge is 2.18. The number of hydrazine groups is 1. The first kappa shape index (κ1) is 15.1. The van der Waals surface area contributed by atoms with E-state index in [1.807, 2.05) is 12.1 Å². The van der Waals surface area contributed by atoms with Crippen LogP contribution in [0.5, 0.6) is 0 Å². The number of benzene rings is 1. The normalized spacial score (nSPS) is 14.4. The Morgan fingerprint density at radius 1 is 1.22 bits per heavy atom. The molecule has 1 aromatic carbocycles. The van der Waals surface area contributed by atoms with Gasteiger partial charge in [-0.2, -0.15) is 0 Å². The number of halogens is 1. The molecule has 0 aromatic heterocycles. The molecule has 0 heterocycles. The maximum atomic E-state index is 12.9. The average molecular weight is 252 g/mol. The Morgan fingerprint density at radius 2 is 1.89 bits per heavy atom. The summed E-state index contributed by atoms with van der Waals surface area (Å²) in [5, 5.41) is 0. The van der Waals surface area contributed by atoms with Gasteiger partial charge in [-0.15, -0.1) is 0 Å². The molecule has 0 fully saturated rings. The predicted molar refractivity (Wildman–Crippen MR) is 74.5 cm³/mol. The molecule has 0 saturated heterocycles. The van der Waals surface area contributed by atoms with Gasteiger partial charge in [-0.05, 0) is 36.5 Å². The zero-order chi connectivity index (χ0) is 13.4. The SMILES string of the molecule is CCCCC(CC)C(Cc1ccc(F)cc1)NN. The Bertz CT molecular complexity index is 324. The van der Waals surface area contributed by atoms with Gasteiger partial charge in [0.05, 0.1) is 0 Å². The molecule has 0 spiro atoms. The molecule has 0 aliphatic heterocycles. The molecule has 2 nitrogen and oxygen atoms in total. The largest absolute Gasteiger partial charge is 0.271 e. The zero-order valence-corrected chi connectivity index (χ0v) is 11.5.